The molecule has 0 saturated carbocycles. The molecule has 8 heteroatoms. The molecule has 1 saturated heterocycles. The summed E-state index contributed by atoms with van der Waals surface area (Å²) in [5, 5.41) is 7.52. The summed E-state index contributed by atoms with van der Waals surface area (Å²) >= 11 is 5.97. The summed E-state index contributed by atoms with van der Waals surface area (Å²) in [6.07, 6.45) is 3.52. The molecule has 0 bridgehead atoms. The van der Waals surface area contributed by atoms with Gasteiger partial charge in [-0.25, -0.2) is 9.67 Å². The Labute approximate surface area is 173 Å². The quantitative estimate of drug-likeness (QED) is 0.701. The van der Waals surface area contributed by atoms with Crippen LogP contribution in [0.25, 0.3) is 5.69 Å². The Morgan fingerprint density at radius 3 is 2.52 bits per heavy atom. The highest BCUT2D eigenvalue weighted by Gasteiger charge is 2.50. The lowest BCUT2D eigenvalue weighted by Crippen LogP contribution is -2.65. The third-order valence-corrected chi connectivity index (χ3v) is 5.49. The number of hydrogen-bond donors (Lipinski definition) is 1. The molecule has 0 spiro atoms. The molecule has 2 amide bonds. The van der Waals surface area contributed by atoms with Crippen LogP contribution >= 0.6 is 11.6 Å². The summed E-state index contributed by atoms with van der Waals surface area (Å²) in [5.41, 5.74) is 1.54. The summed E-state index contributed by atoms with van der Waals surface area (Å²) in [6.45, 7) is 0.694. The van der Waals surface area contributed by atoms with E-state index in [9.17, 15) is 9.59 Å². The van der Waals surface area contributed by atoms with E-state index >= 15 is 0 Å². The van der Waals surface area contributed by atoms with Gasteiger partial charge in [0.15, 0.2) is 0 Å². The highest BCUT2D eigenvalue weighted by Crippen LogP contribution is 2.36. The molecule has 0 atom stereocenters. The SMILES string of the molecule is CNC(=O)C1(Cc2ccc(Cl)cc2)CN(C(=O)c2ccccc2-n2cncn2)C1. The number of carbonyl (C=O) groups excluding carboxylic acids is 2. The molecule has 7 nitrogen and oxygen atoms in total. The molecule has 29 heavy (non-hydrogen) atoms. The van der Waals surface area contributed by atoms with Crippen molar-refractivity contribution in [3.05, 3.63) is 77.3 Å². The van der Waals surface area contributed by atoms with E-state index in [-0.39, 0.29) is 11.8 Å². The van der Waals surface area contributed by atoms with Gasteiger partial charge < -0.3 is 10.2 Å². The number of rotatable bonds is 5. The zero-order chi connectivity index (χ0) is 20.4. The van der Waals surface area contributed by atoms with Crippen LogP contribution < -0.4 is 5.32 Å². The smallest absolute Gasteiger partial charge is 0.256 e. The first-order valence-electron chi connectivity index (χ1n) is 9.22. The van der Waals surface area contributed by atoms with Crippen molar-refractivity contribution in [1.29, 1.82) is 0 Å². The number of carbonyl (C=O) groups is 2. The second-order valence-electron chi connectivity index (χ2n) is 7.18. The zero-order valence-electron chi connectivity index (χ0n) is 15.9. The number of hydrogen-bond acceptors (Lipinski definition) is 4. The fraction of sp³-hybridized carbons (Fsp3) is 0.238. The molecule has 2 aromatic carbocycles. The van der Waals surface area contributed by atoms with Gasteiger partial charge in [0, 0.05) is 25.2 Å². The average molecular weight is 410 g/mol. The maximum Gasteiger partial charge on any atom is 0.256 e. The first-order valence-corrected chi connectivity index (χ1v) is 9.60. The third-order valence-electron chi connectivity index (χ3n) is 5.24. The molecule has 1 N–H and O–H groups in total. The Morgan fingerprint density at radius 1 is 1.14 bits per heavy atom. The largest absolute Gasteiger partial charge is 0.359 e. The Balaban J connectivity index is 1.56. The molecule has 1 aliphatic rings. The van der Waals surface area contributed by atoms with Gasteiger partial charge in [0.25, 0.3) is 5.91 Å². The molecular weight excluding hydrogens is 390 g/mol. The van der Waals surface area contributed by atoms with Crippen LogP contribution in [0.3, 0.4) is 0 Å². The van der Waals surface area contributed by atoms with Crippen LogP contribution in [0.1, 0.15) is 15.9 Å². The summed E-state index contributed by atoms with van der Waals surface area (Å²) in [6, 6.07) is 14.7. The summed E-state index contributed by atoms with van der Waals surface area (Å²) in [4.78, 5) is 31.5. The predicted octanol–water partition coefficient (Wildman–Crippen LogP) is 2.35. The highest BCUT2D eigenvalue weighted by atomic mass is 35.5. The van der Waals surface area contributed by atoms with Gasteiger partial charge in [-0.1, -0.05) is 35.9 Å². The summed E-state index contributed by atoms with van der Waals surface area (Å²) in [7, 11) is 1.62. The molecule has 0 aliphatic carbocycles. The van der Waals surface area contributed by atoms with Crippen LogP contribution in [0.4, 0.5) is 0 Å². The van der Waals surface area contributed by atoms with Gasteiger partial charge in [-0.15, -0.1) is 0 Å². The fourth-order valence-electron chi connectivity index (χ4n) is 3.78. The Kier molecular flexibility index (Phi) is 5.07. The topological polar surface area (TPSA) is 80.1 Å². The molecule has 1 aliphatic heterocycles. The number of halogens is 1. The van der Waals surface area contributed by atoms with Crippen molar-refractivity contribution >= 4 is 23.4 Å². The van der Waals surface area contributed by atoms with Gasteiger partial charge in [-0.05, 0) is 36.2 Å². The van der Waals surface area contributed by atoms with Crippen molar-refractivity contribution in [2.45, 2.75) is 6.42 Å². The maximum absolute atomic E-state index is 13.2. The van der Waals surface area contributed by atoms with E-state index in [0.717, 1.165) is 5.56 Å². The molecule has 4 rings (SSSR count). The standard InChI is InChI=1S/C21H20ClN5O2/c1-23-20(29)21(10-15-6-8-16(22)9-7-15)11-26(12-21)19(28)17-4-2-3-5-18(17)27-14-24-13-25-27/h2-9,13-14H,10-12H2,1H3,(H,23,29). The second kappa shape index (κ2) is 7.67. The van der Waals surface area contributed by atoms with E-state index < -0.39 is 5.41 Å². The van der Waals surface area contributed by atoms with Gasteiger partial charge in [-0.3, -0.25) is 9.59 Å². The first-order chi connectivity index (χ1) is 14.0. The van der Waals surface area contributed by atoms with Crippen molar-refractivity contribution in [3.63, 3.8) is 0 Å². The number of nitrogens with one attached hydrogen (secondary N) is 1. The third kappa shape index (κ3) is 3.61. The van der Waals surface area contributed by atoms with E-state index in [0.29, 0.717) is 35.8 Å². The van der Waals surface area contributed by atoms with Crippen molar-refractivity contribution in [2.24, 2.45) is 5.41 Å². The monoisotopic (exact) mass is 409 g/mol. The molecule has 1 aromatic heterocycles. The second-order valence-corrected chi connectivity index (χ2v) is 7.62. The Bertz CT molecular complexity index is 1030. The van der Waals surface area contributed by atoms with Gasteiger partial charge in [-0.2, -0.15) is 5.10 Å². The van der Waals surface area contributed by atoms with Gasteiger partial charge >= 0.3 is 0 Å². The summed E-state index contributed by atoms with van der Waals surface area (Å²) < 4.78 is 1.56. The number of para-hydroxylation sites is 1. The number of amides is 2. The first kappa shape index (κ1) is 19.1. The van der Waals surface area contributed by atoms with Crippen LogP contribution in [0.5, 0.6) is 0 Å². The van der Waals surface area contributed by atoms with Crippen molar-refractivity contribution < 1.29 is 9.59 Å². The number of benzene rings is 2. The van der Waals surface area contributed by atoms with Crippen LogP contribution in [0, 0.1) is 5.41 Å². The van der Waals surface area contributed by atoms with E-state index in [1.54, 1.807) is 29.0 Å². The van der Waals surface area contributed by atoms with E-state index in [1.807, 2.05) is 42.5 Å². The minimum absolute atomic E-state index is 0.0685. The number of aromatic nitrogens is 3. The molecule has 0 radical (unpaired) electrons. The Hall–Kier alpha value is -3.19. The van der Waals surface area contributed by atoms with Crippen molar-refractivity contribution in [2.75, 3.05) is 20.1 Å². The average Bonchev–Trinajstić information content (AvgIpc) is 3.25. The minimum Gasteiger partial charge on any atom is -0.359 e. The van der Waals surface area contributed by atoms with Crippen LogP contribution in [-0.2, 0) is 11.2 Å². The molecular formula is C21H20ClN5O2. The van der Waals surface area contributed by atoms with E-state index in [2.05, 4.69) is 15.4 Å². The lowest BCUT2D eigenvalue weighted by atomic mass is 9.73. The van der Waals surface area contributed by atoms with E-state index in [1.165, 1.54) is 6.33 Å². The van der Waals surface area contributed by atoms with Gasteiger partial charge in [0.2, 0.25) is 5.91 Å². The highest BCUT2D eigenvalue weighted by molar-refractivity contribution is 6.30. The maximum atomic E-state index is 13.2. The van der Waals surface area contributed by atoms with Crippen LogP contribution in [0.15, 0.2) is 61.2 Å². The Morgan fingerprint density at radius 2 is 1.86 bits per heavy atom. The normalized spacial score (nSPS) is 14.9. The number of nitrogens with zero attached hydrogens (tertiary/aromatic N) is 4. The molecule has 3 aromatic rings. The molecule has 2 heterocycles. The molecule has 1 fully saturated rings. The number of likely N-dealkylation sites (tertiary alicyclic amines) is 1. The predicted molar refractivity (Wildman–Crippen MR) is 109 cm³/mol. The van der Waals surface area contributed by atoms with Crippen LogP contribution in [-0.4, -0.2) is 51.6 Å². The van der Waals surface area contributed by atoms with Crippen molar-refractivity contribution in [1.82, 2.24) is 25.0 Å². The minimum atomic E-state index is -0.652. The van der Waals surface area contributed by atoms with E-state index in [4.69, 9.17) is 11.6 Å². The lowest BCUT2D eigenvalue weighted by Gasteiger charge is -2.49. The molecule has 148 valence electrons. The van der Waals surface area contributed by atoms with Crippen LogP contribution in [0.2, 0.25) is 5.02 Å². The summed E-state index contributed by atoms with van der Waals surface area (Å²) in [5.74, 6) is -0.201. The fourth-order valence-corrected chi connectivity index (χ4v) is 3.91. The van der Waals surface area contributed by atoms with Crippen molar-refractivity contribution in [3.8, 4) is 5.69 Å². The zero-order valence-corrected chi connectivity index (χ0v) is 16.6. The van der Waals surface area contributed by atoms with Gasteiger partial charge in [0.1, 0.15) is 12.7 Å². The molecule has 0 unspecified atom stereocenters. The van der Waals surface area contributed by atoms with Gasteiger partial charge in [0.05, 0.1) is 16.7 Å². The lowest BCUT2D eigenvalue weighted by molar-refractivity contribution is -0.138.